The average molecular weight is 441 g/mol. The van der Waals surface area contributed by atoms with E-state index in [1.165, 1.54) is 0 Å². The lowest BCUT2D eigenvalue weighted by Crippen LogP contribution is -2.64. The summed E-state index contributed by atoms with van der Waals surface area (Å²) in [5.74, 6) is 0. The molecule has 0 aromatic carbocycles. The molecule has 0 aromatic heterocycles. The highest BCUT2D eigenvalue weighted by molar-refractivity contribution is 4.94. The molecule has 0 bridgehead atoms. The molecule has 9 N–H and O–H groups in total. The number of aliphatic hydroxyl groups excluding tert-OH is 7. The molecule has 0 saturated carbocycles. The Kier molecular flexibility index (Phi) is 10.8. The lowest BCUT2D eigenvalue weighted by Gasteiger charge is -2.45. The Morgan fingerprint density at radius 3 is 1.90 bits per heavy atom. The van der Waals surface area contributed by atoms with Gasteiger partial charge in [0.2, 0.25) is 0 Å². The van der Waals surface area contributed by atoms with E-state index in [1.54, 1.807) is 0 Å². The van der Waals surface area contributed by atoms with Crippen molar-refractivity contribution < 1.29 is 54.7 Å². The molecule has 2 saturated heterocycles. The van der Waals surface area contributed by atoms with Gasteiger partial charge in [-0.05, 0) is 19.4 Å². The second-order valence-corrected chi connectivity index (χ2v) is 7.58. The van der Waals surface area contributed by atoms with E-state index >= 15 is 0 Å². The number of nitrogens with two attached hydrogens (primary N) is 1. The first-order valence-corrected chi connectivity index (χ1v) is 10.3. The maximum absolute atomic E-state index is 10.5. The van der Waals surface area contributed by atoms with Crippen molar-refractivity contribution in [1.82, 2.24) is 0 Å². The molecule has 0 radical (unpaired) electrons. The summed E-state index contributed by atoms with van der Waals surface area (Å²) in [5, 5.41) is 69.5. The Bertz CT molecular complexity index is 483. The molecule has 2 heterocycles. The molecule has 2 aliphatic heterocycles. The van der Waals surface area contributed by atoms with Crippen molar-refractivity contribution in [2.75, 3.05) is 26.4 Å². The van der Waals surface area contributed by atoms with Crippen molar-refractivity contribution in [3.05, 3.63) is 0 Å². The van der Waals surface area contributed by atoms with Gasteiger partial charge in [0, 0.05) is 6.61 Å². The van der Waals surface area contributed by atoms with Crippen molar-refractivity contribution in [2.24, 2.45) is 5.73 Å². The Hall–Kier alpha value is -0.480. The van der Waals surface area contributed by atoms with Crippen LogP contribution in [0.3, 0.4) is 0 Å². The lowest BCUT2D eigenvalue weighted by atomic mass is 9.97. The number of rotatable bonds is 11. The first kappa shape index (κ1) is 25.8. The van der Waals surface area contributed by atoms with Crippen LogP contribution >= 0.6 is 0 Å². The third-order valence-corrected chi connectivity index (χ3v) is 5.34. The van der Waals surface area contributed by atoms with Crippen LogP contribution in [0.25, 0.3) is 0 Å². The molecule has 0 unspecified atom stereocenters. The van der Waals surface area contributed by atoms with E-state index in [0.717, 1.165) is 19.3 Å². The van der Waals surface area contributed by atoms with Crippen LogP contribution in [0, 0.1) is 0 Å². The Balaban J connectivity index is 1.94. The van der Waals surface area contributed by atoms with Crippen LogP contribution in [0.5, 0.6) is 0 Å². The van der Waals surface area contributed by atoms with Crippen LogP contribution in [0.15, 0.2) is 0 Å². The van der Waals surface area contributed by atoms with Gasteiger partial charge in [-0.2, -0.15) is 0 Å². The van der Waals surface area contributed by atoms with Gasteiger partial charge in [0.15, 0.2) is 12.6 Å². The maximum atomic E-state index is 10.5. The second-order valence-electron chi connectivity index (χ2n) is 7.58. The summed E-state index contributed by atoms with van der Waals surface area (Å²) in [6.07, 6.45) is -11.0. The van der Waals surface area contributed by atoms with E-state index in [-0.39, 0.29) is 6.61 Å². The molecule has 12 nitrogen and oxygen atoms in total. The van der Waals surface area contributed by atoms with Gasteiger partial charge in [-0.15, -0.1) is 0 Å². The van der Waals surface area contributed by atoms with Crippen LogP contribution in [-0.4, -0.2) is 124 Å². The summed E-state index contributed by atoms with van der Waals surface area (Å²) in [6, 6.07) is 0. The lowest BCUT2D eigenvalue weighted by molar-refractivity contribution is -0.359. The maximum Gasteiger partial charge on any atom is 0.187 e. The minimum atomic E-state index is -1.70. The Morgan fingerprint density at radius 2 is 1.27 bits per heavy atom. The Morgan fingerprint density at radius 1 is 0.667 bits per heavy atom. The van der Waals surface area contributed by atoms with Gasteiger partial charge in [0.05, 0.1) is 13.2 Å². The third kappa shape index (κ3) is 6.28. The predicted octanol–water partition coefficient (Wildman–Crippen LogP) is -3.85. The van der Waals surface area contributed by atoms with E-state index in [1.807, 2.05) is 0 Å². The van der Waals surface area contributed by atoms with Gasteiger partial charge in [-0.3, -0.25) is 0 Å². The van der Waals surface area contributed by atoms with E-state index in [4.69, 9.17) is 24.7 Å². The molecule has 30 heavy (non-hydrogen) atoms. The predicted molar refractivity (Wildman–Crippen MR) is 99.9 cm³/mol. The van der Waals surface area contributed by atoms with Crippen molar-refractivity contribution in [1.29, 1.82) is 0 Å². The van der Waals surface area contributed by atoms with Crippen LogP contribution in [0.4, 0.5) is 0 Å². The minimum Gasteiger partial charge on any atom is -0.394 e. The summed E-state index contributed by atoms with van der Waals surface area (Å²) in [6.45, 7) is -0.356. The smallest absolute Gasteiger partial charge is 0.187 e. The topological polar surface area (TPSA) is 205 Å². The van der Waals surface area contributed by atoms with E-state index in [0.29, 0.717) is 13.0 Å². The molecule has 2 rings (SSSR count). The van der Waals surface area contributed by atoms with Gasteiger partial charge in [-0.25, -0.2) is 0 Å². The number of hydrogen-bond acceptors (Lipinski definition) is 12. The Labute approximate surface area is 174 Å². The van der Waals surface area contributed by atoms with Gasteiger partial charge in [0.25, 0.3) is 0 Å². The summed E-state index contributed by atoms with van der Waals surface area (Å²) in [5.41, 5.74) is 5.43. The number of hydrogen-bond donors (Lipinski definition) is 8. The van der Waals surface area contributed by atoms with Crippen molar-refractivity contribution in [3.63, 3.8) is 0 Å². The van der Waals surface area contributed by atoms with E-state index in [9.17, 15) is 35.7 Å². The van der Waals surface area contributed by atoms with Crippen LogP contribution < -0.4 is 5.73 Å². The molecule has 0 spiro atoms. The van der Waals surface area contributed by atoms with E-state index in [2.05, 4.69) is 0 Å². The van der Waals surface area contributed by atoms with Crippen molar-refractivity contribution in [3.8, 4) is 0 Å². The molecule has 0 aliphatic carbocycles. The second kappa shape index (κ2) is 12.5. The van der Waals surface area contributed by atoms with Crippen LogP contribution in [0.2, 0.25) is 0 Å². The molecular weight excluding hydrogens is 406 g/mol. The zero-order valence-corrected chi connectivity index (χ0v) is 16.8. The zero-order chi connectivity index (χ0) is 22.3. The molecule has 10 atom stereocenters. The highest BCUT2D eigenvalue weighted by Crippen LogP contribution is 2.29. The monoisotopic (exact) mass is 441 g/mol. The largest absolute Gasteiger partial charge is 0.394 e. The SMILES string of the molecule is NCCCCCCO[C@@H]1O[C@H](CO)[C@H](O[C@H]2O[C@H](CO)[C@H](O)[C@H](O)[C@H]2O)[C@H](O)[C@H]1O. The number of aliphatic hydroxyl groups is 7. The highest BCUT2D eigenvalue weighted by atomic mass is 16.7. The molecule has 12 heteroatoms. The normalized spacial score (nSPS) is 42.4. The standard InChI is InChI=1S/C18H35NO11/c19-5-3-1-2-4-6-27-17-15(26)13(24)16(10(8-21)29-17)30-18-14(25)12(23)11(22)9(7-20)28-18/h9-18,20-26H,1-8,19H2/t9-,10-,11+,12+,13-,14-,15-,16+,17-,18-/m1/s1. The highest BCUT2D eigenvalue weighted by Gasteiger charge is 2.50. The van der Waals surface area contributed by atoms with Gasteiger partial charge >= 0.3 is 0 Å². The van der Waals surface area contributed by atoms with Crippen LogP contribution in [0.1, 0.15) is 25.7 Å². The third-order valence-electron chi connectivity index (χ3n) is 5.34. The summed E-state index contributed by atoms with van der Waals surface area (Å²) in [7, 11) is 0. The fourth-order valence-corrected chi connectivity index (χ4v) is 3.49. The molecule has 178 valence electrons. The first-order valence-electron chi connectivity index (χ1n) is 10.3. The summed E-state index contributed by atoms with van der Waals surface area (Å²) in [4.78, 5) is 0. The molecule has 0 aromatic rings. The fraction of sp³-hybridized carbons (Fsp3) is 1.00. The van der Waals surface area contributed by atoms with Gasteiger partial charge in [0.1, 0.15) is 48.8 Å². The minimum absolute atomic E-state index is 0.273. The first-order chi connectivity index (χ1) is 14.3. The average Bonchev–Trinajstić information content (AvgIpc) is 2.75. The summed E-state index contributed by atoms with van der Waals surface area (Å²) < 4.78 is 21.7. The van der Waals surface area contributed by atoms with Crippen LogP contribution in [-0.2, 0) is 18.9 Å². The molecule has 2 fully saturated rings. The number of ether oxygens (including phenoxy) is 4. The van der Waals surface area contributed by atoms with Gasteiger partial charge in [-0.1, -0.05) is 12.8 Å². The van der Waals surface area contributed by atoms with E-state index < -0.39 is 74.6 Å². The summed E-state index contributed by atoms with van der Waals surface area (Å²) >= 11 is 0. The number of unbranched alkanes of at least 4 members (excludes halogenated alkanes) is 3. The zero-order valence-electron chi connectivity index (χ0n) is 16.8. The fourth-order valence-electron chi connectivity index (χ4n) is 3.49. The van der Waals surface area contributed by atoms with Crippen molar-refractivity contribution in [2.45, 2.75) is 87.1 Å². The molecule has 0 amide bonds. The quantitative estimate of drug-likeness (QED) is 0.145. The molecular formula is C18H35NO11. The molecule has 2 aliphatic rings. The van der Waals surface area contributed by atoms with Gasteiger partial charge < -0.3 is 60.4 Å². The van der Waals surface area contributed by atoms with Crippen molar-refractivity contribution >= 4 is 0 Å².